The summed E-state index contributed by atoms with van der Waals surface area (Å²) in [6, 6.07) is 10.6. The first-order valence-corrected chi connectivity index (χ1v) is 7.90. The lowest BCUT2D eigenvalue weighted by atomic mass is 10.1. The predicted molar refractivity (Wildman–Crippen MR) is 86.8 cm³/mol. The first-order chi connectivity index (χ1) is 9.85. The fourth-order valence-electron chi connectivity index (χ4n) is 2.57. The number of unbranched alkanes of at least 4 members (excludes halogenated alkanes) is 2. The lowest BCUT2D eigenvalue weighted by molar-refractivity contribution is 0.258. The predicted octanol–water partition coefficient (Wildman–Crippen LogP) is 4.64. The minimum absolute atomic E-state index is 1.04. The smallest absolute Gasteiger partial charge is 0.0705 e. The summed E-state index contributed by atoms with van der Waals surface area (Å²) in [5.74, 6) is 0. The molecule has 2 nitrogen and oxygen atoms in total. The van der Waals surface area contributed by atoms with Crippen molar-refractivity contribution in [3.63, 3.8) is 0 Å². The number of aromatic nitrogens is 1. The molecule has 0 amide bonds. The number of hydrogen-bond acceptors (Lipinski definition) is 2. The molecule has 2 aromatic rings. The molecule has 0 atom stereocenters. The van der Waals surface area contributed by atoms with Gasteiger partial charge in [-0.05, 0) is 43.6 Å². The highest BCUT2D eigenvalue weighted by molar-refractivity contribution is 5.81. The van der Waals surface area contributed by atoms with Crippen molar-refractivity contribution in [3.8, 4) is 0 Å². The standard InChI is InChI=1S/C18H26N2/c1-3-5-13-20(14-6-4-2)15-16-11-12-19-18-10-8-7-9-17(16)18/h7-12H,3-6,13-15H2,1-2H3. The number of nitrogens with zero attached hydrogens (tertiary/aromatic N) is 2. The molecule has 0 spiro atoms. The molecule has 2 heteroatoms. The van der Waals surface area contributed by atoms with E-state index in [2.05, 4.69) is 54.1 Å². The van der Waals surface area contributed by atoms with Crippen molar-refractivity contribution in [3.05, 3.63) is 42.1 Å². The van der Waals surface area contributed by atoms with E-state index in [9.17, 15) is 0 Å². The van der Waals surface area contributed by atoms with Gasteiger partial charge in [-0.1, -0.05) is 44.9 Å². The highest BCUT2D eigenvalue weighted by Crippen LogP contribution is 2.18. The second-order valence-corrected chi connectivity index (χ2v) is 5.47. The van der Waals surface area contributed by atoms with Gasteiger partial charge < -0.3 is 0 Å². The molecule has 0 aliphatic rings. The molecule has 0 aliphatic heterocycles. The molecule has 1 heterocycles. The molecule has 0 unspecified atom stereocenters. The summed E-state index contributed by atoms with van der Waals surface area (Å²) >= 11 is 0. The monoisotopic (exact) mass is 270 g/mol. The van der Waals surface area contributed by atoms with Gasteiger partial charge in [0.05, 0.1) is 5.52 Å². The molecule has 0 saturated heterocycles. The van der Waals surface area contributed by atoms with Crippen molar-refractivity contribution in [2.45, 2.75) is 46.1 Å². The van der Waals surface area contributed by atoms with Crippen molar-refractivity contribution < 1.29 is 0 Å². The van der Waals surface area contributed by atoms with E-state index in [1.807, 2.05) is 6.20 Å². The molecule has 108 valence electrons. The van der Waals surface area contributed by atoms with E-state index in [-0.39, 0.29) is 0 Å². The molecule has 20 heavy (non-hydrogen) atoms. The maximum Gasteiger partial charge on any atom is 0.0705 e. The Labute approximate surface area is 122 Å². The highest BCUT2D eigenvalue weighted by Gasteiger charge is 2.08. The van der Waals surface area contributed by atoms with Crippen LogP contribution < -0.4 is 0 Å². The van der Waals surface area contributed by atoms with Gasteiger partial charge in [-0.3, -0.25) is 9.88 Å². The van der Waals surface area contributed by atoms with Crippen LogP contribution in [0.25, 0.3) is 10.9 Å². The second-order valence-electron chi connectivity index (χ2n) is 5.47. The van der Waals surface area contributed by atoms with Crippen LogP contribution in [0.15, 0.2) is 36.5 Å². The minimum Gasteiger partial charge on any atom is -0.299 e. The lowest BCUT2D eigenvalue weighted by Crippen LogP contribution is -2.25. The van der Waals surface area contributed by atoms with Gasteiger partial charge in [0, 0.05) is 18.1 Å². The molecule has 2 rings (SSSR count). The third-order valence-corrected chi connectivity index (χ3v) is 3.79. The van der Waals surface area contributed by atoms with Crippen LogP contribution in [0, 0.1) is 0 Å². The lowest BCUT2D eigenvalue weighted by Gasteiger charge is -2.22. The molecular weight excluding hydrogens is 244 g/mol. The zero-order valence-corrected chi connectivity index (χ0v) is 12.8. The van der Waals surface area contributed by atoms with E-state index < -0.39 is 0 Å². The Kier molecular flexibility index (Phi) is 6.00. The third kappa shape index (κ3) is 4.04. The normalized spacial score (nSPS) is 11.3. The minimum atomic E-state index is 1.04. The summed E-state index contributed by atoms with van der Waals surface area (Å²) in [5, 5.41) is 1.30. The zero-order chi connectivity index (χ0) is 14.2. The summed E-state index contributed by atoms with van der Waals surface area (Å²) in [6.45, 7) is 7.98. The number of hydrogen-bond donors (Lipinski definition) is 0. The Morgan fingerprint density at radius 2 is 1.65 bits per heavy atom. The average Bonchev–Trinajstić information content (AvgIpc) is 2.50. The van der Waals surface area contributed by atoms with Crippen LogP contribution in [0.3, 0.4) is 0 Å². The van der Waals surface area contributed by atoms with E-state index in [0.717, 1.165) is 12.1 Å². The van der Waals surface area contributed by atoms with Crippen LogP contribution in [0.2, 0.25) is 0 Å². The van der Waals surface area contributed by atoms with Crippen molar-refractivity contribution >= 4 is 10.9 Å². The summed E-state index contributed by atoms with van der Waals surface area (Å²) in [4.78, 5) is 7.05. The van der Waals surface area contributed by atoms with E-state index in [4.69, 9.17) is 0 Å². The van der Waals surface area contributed by atoms with Crippen molar-refractivity contribution in [1.29, 1.82) is 0 Å². The van der Waals surface area contributed by atoms with Crippen molar-refractivity contribution in [2.75, 3.05) is 13.1 Å². The summed E-state index contributed by atoms with van der Waals surface area (Å²) in [6.07, 6.45) is 7.04. The van der Waals surface area contributed by atoms with E-state index >= 15 is 0 Å². The number of benzene rings is 1. The van der Waals surface area contributed by atoms with Crippen LogP contribution in [0.1, 0.15) is 45.1 Å². The Morgan fingerprint density at radius 3 is 2.35 bits per heavy atom. The number of para-hydroxylation sites is 1. The Morgan fingerprint density at radius 1 is 0.950 bits per heavy atom. The van der Waals surface area contributed by atoms with Gasteiger partial charge in [0.2, 0.25) is 0 Å². The van der Waals surface area contributed by atoms with Crippen LogP contribution in [-0.2, 0) is 6.54 Å². The third-order valence-electron chi connectivity index (χ3n) is 3.79. The van der Waals surface area contributed by atoms with E-state index in [1.54, 1.807) is 0 Å². The first-order valence-electron chi connectivity index (χ1n) is 7.90. The van der Waals surface area contributed by atoms with Gasteiger partial charge in [0.1, 0.15) is 0 Å². The van der Waals surface area contributed by atoms with Crippen LogP contribution >= 0.6 is 0 Å². The van der Waals surface area contributed by atoms with Gasteiger partial charge in [0.15, 0.2) is 0 Å². The maximum atomic E-state index is 4.45. The highest BCUT2D eigenvalue weighted by atomic mass is 15.1. The summed E-state index contributed by atoms with van der Waals surface area (Å²) in [7, 11) is 0. The molecule has 0 aliphatic carbocycles. The van der Waals surface area contributed by atoms with Gasteiger partial charge in [0.25, 0.3) is 0 Å². The molecule has 1 aromatic heterocycles. The second kappa shape index (κ2) is 8.01. The number of pyridine rings is 1. The average molecular weight is 270 g/mol. The number of fused-ring (bicyclic) bond motifs is 1. The molecule has 1 aromatic carbocycles. The van der Waals surface area contributed by atoms with Gasteiger partial charge >= 0.3 is 0 Å². The molecule has 0 saturated carbocycles. The van der Waals surface area contributed by atoms with Crippen LogP contribution in [0.5, 0.6) is 0 Å². The van der Waals surface area contributed by atoms with Crippen molar-refractivity contribution in [1.82, 2.24) is 9.88 Å². The fourth-order valence-corrected chi connectivity index (χ4v) is 2.57. The Balaban J connectivity index is 2.14. The molecule has 0 radical (unpaired) electrons. The zero-order valence-electron chi connectivity index (χ0n) is 12.8. The van der Waals surface area contributed by atoms with Gasteiger partial charge in [-0.15, -0.1) is 0 Å². The van der Waals surface area contributed by atoms with Gasteiger partial charge in [-0.2, -0.15) is 0 Å². The van der Waals surface area contributed by atoms with Crippen LogP contribution in [0.4, 0.5) is 0 Å². The summed E-state index contributed by atoms with van der Waals surface area (Å²) < 4.78 is 0. The molecule has 0 N–H and O–H groups in total. The van der Waals surface area contributed by atoms with E-state index in [1.165, 1.54) is 49.7 Å². The topological polar surface area (TPSA) is 16.1 Å². The van der Waals surface area contributed by atoms with Gasteiger partial charge in [-0.25, -0.2) is 0 Å². The fraction of sp³-hybridized carbons (Fsp3) is 0.500. The molecular formula is C18H26N2. The Bertz CT molecular complexity index is 508. The maximum absolute atomic E-state index is 4.45. The molecule has 0 fully saturated rings. The van der Waals surface area contributed by atoms with Crippen LogP contribution in [-0.4, -0.2) is 23.0 Å². The van der Waals surface area contributed by atoms with Crippen molar-refractivity contribution in [2.24, 2.45) is 0 Å². The SMILES string of the molecule is CCCCN(CCCC)Cc1ccnc2ccccc12. The first kappa shape index (κ1) is 15.0. The quantitative estimate of drug-likeness (QED) is 0.695. The largest absolute Gasteiger partial charge is 0.299 e. The number of rotatable bonds is 8. The van der Waals surface area contributed by atoms with E-state index in [0.29, 0.717) is 0 Å². The Hall–Kier alpha value is -1.41. The summed E-state index contributed by atoms with van der Waals surface area (Å²) in [5.41, 5.74) is 2.51. The molecule has 0 bridgehead atoms.